The van der Waals surface area contributed by atoms with Crippen molar-refractivity contribution in [2.24, 2.45) is 0 Å². The summed E-state index contributed by atoms with van der Waals surface area (Å²) in [6.07, 6.45) is 0. The third kappa shape index (κ3) is 3.32. The average Bonchev–Trinajstić information content (AvgIpc) is 2.88. The van der Waals surface area contributed by atoms with Crippen LogP contribution >= 0.6 is 11.6 Å². The van der Waals surface area contributed by atoms with E-state index in [0.717, 1.165) is 0 Å². The lowest BCUT2D eigenvalue weighted by atomic mass is 10.2. The second kappa shape index (κ2) is 6.74. The Morgan fingerprint density at radius 3 is 2.38 bits per heavy atom. The molecule has 8 heteroatoms. The Hall–Kier alpha value is -2.38. The molecule has 0 saturated carbocycles. The van der Waals surface area contributed by atoms with Crippen LogP contribution in [0.2, 0.25) is 5.02 Å². The van der Waals surface area contributed by atoms with Gasteiger partial charge < -0.3 is 0 Å². The van der Waals surface area contributed by atoms with Gasteiger partial charge >= 0.3 is 0 Å². The van der Waals surface area contributed by atoms with Crippen molar-refractivity contribution in [1.29, 1.82) is 0 Å². The third-order valence-electron chi connectivity index (χ3n) is 4.08. The number of nitrogens with zero attached hydrogens (tertiary/aromatic N) is 2. The van der Waals surface area contributed by atoms with E-state index in [2.05, 4.69) is 9.82 Å². The molecule has 0 amide bonds. The van der Waals surface area contributed by atoms with Crippen LogP contribution in [0.3, 0.4) is 0 Å². The minimum absolute atomic E-state index is 0.0844. The molecule has 5 nitrogen and oxygen atoms in total. The number of benzene rings is 2. The number of sulfonamides is 1. The lowest BCUT2D eigenvalue weighted by molar-refractivity contribution is 0.600. The summed E-state index contributed by atoms with van der Waals surface area (Å²) in [7, 11) is -3.88. The van der Waals surface area contributed by atoms with Crippen molar-refractivity contribution in [2.75, 3.05) is 4.72 Å². The molecule has 0 bridgehead atoms. The van der Waals surface area contributed by atoms with Crippen molar-refractivity contribution in [3.05, 3.63) is 70.3 Å². The molecule has 0 saturated heterocycles. The molecule has 0 unspecified atom stereocenters. The molecule has 0 fully saturated rings. The maximum atomic E-state index is 13.1. The number of rotatable bonds is 4. The van der Waals surface area contributed by atoms with E-state index in [9.17, 15) is 12.8 Å². The highest BCUT2D eigenvalue weighted by Crippen LogP contribution is 2.28. The second-order valence-electron chi connectivity index (χ2n) is 5.91. The molecule has 0 atom stereocenters. The fraction of sp³-hybridized carbons (Fsp3) is 0.167. The van der Waals surface area contributed by atoms with Crippen LogP contribution in [0.1, 0.15) is 17.0 Å². The van der Waals surface area contributed by atoms with E-state index in [1.807, 2.05) is 0 Å². The molecule has 3 aromatic rings. The van der Waals surface area contributed by atoms with Crippen molar-refractivity contribution in [2.45, 2.75) is 25.7 Å². The van der Waals surface area contributed by atoms with Crippen LogP contribution in [-0.4, -0.2) is 18.2 Å². The minimum Gasteiger partial charge on any atom is -0.279 e. The molecule has 3 rings (SSSR count). The number of hydrogen-bond donors (Lipinski definition) is 1. The first-order valence-electron chi connectivity index (χ1n) is 7.81. The summed E-state index contributed by atoms with van der Waals surface area (Å²) < 4.78 is 43.1. The van der Waals surface area contributed by atoms with Gasteiger partial charge in [-0.2, -0.15) is 5.10 Å². The van der Waals surface area contributed by atoms with E-state index < -0.39 is 10.0 Å². The fourth-order valence-corrected chi connectivity index (χ4v) is 4.46. The maximum Gasteiger partial charge on any atom is 0.265 e. The molecule has 1 aromatic heterocycles. The Kier molecular flexibility index (Phi) is 4.77. The number of halogens is 2. The van der Waals surface area contributed by atoms with Crippen LogP contribution in [0, 0.1) is 26.6 Å². The molecule has 0 aliphatic heterocycles. The zero-order chi connectivity index (χ0) is 19.1. The molecule has 0 spiro atoms. The van der Waals surface area contributed by atoms with E-state index in [-0.39, 0.29) is 10.7 Å². The predicted octanol–water partition coefficient (Wildman–Crippen LogP) is 4.39. The SMILES string of the molecule is Cc1nn(-c2ccc(F)cc2)c(C)c1S(=O)(=O)Nc1cccc(Cl)c1C. The first kappa shape index (κ1) is 18.4. The highest BCUT2D eigenvalue weighted by Gasteiger charge is 2.26. The zero-order valence-electron chi connectivity index (χ0n) is 14.4. The normalized spacial score (nSPS) is 11.6. The van der Waals surface area contributed by atoms with Gasteiger partial charge in [0.25, 0.3) is 10.0 Å². The van der Waals surface area contributed by atoms with Gasteiger partial charge in [0.15, 0.2) is 0 Å². The van der Waals surface area contributed by atoms with E-state index in [1.165, 1.54) is 16.8 Å². The van der Waals surface area contributed by atoms with Crippen LogP contribution in [0.4, 0.5) is 10.1 Å². The fourth-order valence-electron chi connectivity index (χ4n) is 2.76. The molecule has 2 aromatic carbocycles. The Morgan fingerprint density at radius 1 is 1.08 bits per heavy atom. The molecule has 0 aliphatic carbocycles. The standard InChI is InChI=1S/C18H17ClFN3O2S/c1-11-16(19)5-4-6-17(11)22-26(24,25)18-12(2)21-23(13(18)3)15-9-7-14(20)8-10-15/h4-10,22H,1-3H3. The molecule has 1 heterocycles. The van der Waals surface area contributed by atoms with Gasteiger partial charge in [0.2, 0.25) is 0 Å². The van der Waals surface area contributed by atoms with E-state index in [4.69, 9.17) is 11.6 Å². The van der Waals surface area contributed by atoms with Gasteiger partial charge in [0, 0.05) is 5.02 Å². The van der Waals surface area contributed by atoms with Gasteiger partial charge in [-0.1, -0.05) is 17.7 Å². The Bertz CT molecular complexity index is 1080. The number of aromatic nitrogens is 2. The van der Waals surface area contributed by atoms with Crippen LogP contribution in [0.25, 0.3) is 5.69 Å². The van der Waals surface area contributed by atoms with Crippen molar-refractivity contribution in [3.63, 3.8) is 0 Å². The summed E-state index contributed by atoms with van der Waals surface area (Å²) in [5, 5.41) is 4.78. The first-order chi connectivity index (χ1) is 12.2. The molecule has 26 heavy (non-hydrogen) atoms. The largest absolute Gasteiger partial charge is 0.279 e. The highest BCUT2D eigenvalue weighted by molar-refractivity contribution is 7.92. The first-order valence-corrected chi connectivity index (χ1v) is 9.67. The number of aryl methyl sites for hydroxylation is 1. The third-order valence-corrected chi connectivity index (χ3v) is 6.10. The summed E-state index contributed by atoms with van der Waals surface area (Å²) >= 11 is 6.07. The van der Waals surface area contributed by atoms with Gasteiger partial charge in [-0.25, -0.2) is 17.5 Å². The number of nitrogens with one attached hydrogen (secondary N) is 1. The van der Waals surface area contributed by atoms with E-state index in [1.54, 1.807) is 51.1 Å². The number of hydrogen-bond acceptors (Lipinski definition) is 3. The monoisotopic (exact) mass is 393 g/mol. The minimum atomic E-state index is -3.88. The summed E-state index contributed by atoms with van der Waals surface area (Å²) in [6.45, 7) is 5.01. The molecule has 0 aliphatic rings. The highest BCUT2D eigenvalue weighted by atomic mass is 35.5. The maximum absolute atomic E-state index is 13.1. The topological polar surface area (TPSA) is 64.0 Å². The molecular formula is C18H17ClFN3O2S. The summed E-state index contributed by atoms with van der Waals surface area (Å²) in [6, 6.07) is 10.7. The van der Waals surface area contributed by atoms with E-state index >= 15 is 0 Å². The lowest BCUT2D eigenvalue weighted by Gasteiger charge is -2.12. The predicted molar refractivity (Wildman–Crippen MR) is 100.0 cm³/mol. The summed E-state index contributed by atoms with van der Waals surface area (Å²) in [5.41, 5.74) is 2.40. The van der Waals surface area contributed by atoms with Crippen LogP contribution in [0.15, 0.2) is 47.4 Å². The van der Waals surface area contributed by atoms with Crippen LogP contribution in [0.5, 0.6) is 0 Å². The Labute approximate surface area is 156 Å². The average molecular weight is 394 g/mol. The van der Waals surface area contributed by atoms with Gasteiger partial charge in [0.1, 0.15) is 10.7 Å². The number of anilines is 1. The second-order valence-corrected chi connectivity index (χ2v) is 7.93. The smallest absolute Gasteiger partial charge is 0.265 e. The van der Waals surface area contributed by atoms with Gasteiger partial charge in [-0.05, 0) is 62.7 Å². The molecule has 136 valence electrons. The van der Waals surface area contributed by atoms with Gasteiger partial charge in [-0.3, -0.25) is 4.72 Å². The van der Waals surface area contributed by atoms with Crippen molar-refractivity contribution >= 4 is 27.3 Å². The van der Waals surface area contributed by atoms with Gasteiger partial charge in [-0.15, -0.1) is 0 Å². The Balaban J connectivity index is 2.06. The van der Waals surface area contributed by atoms with Crippen LogP contribution < -0.4 is 4.72 Å². The Morgan fingerprint density at radius 2 is 1.73 bits per heavy atom. The van der Waals surface area contributed by atoms with Crippen molar-refractivity contribution in [1.82, 2.24) is 9.78 Å². The van der Waals surface area contributed by atoms with Crippen molar-refractivity contribution < 1.29 is 12.8 Å². The van der Waals surface area contributed by atoms with E-state index in [0.29, 0.717) is 33.3 Å². The molecular weight excluding hydrogens is 377 g/mol. The summed E-state index contributed by atoms with van der Waals surface area (Å²) in [4.78, 5) is 0.0844. The molecule has 0 radical (unpaired) electrons. The molecule has 1 N–H and O–H groups in total. The van der Waals surface area contributed by atoms with Gasteiger partial charge in [0.05, 0.1) is 22.8 Å². The quantitative estimate of drug-likeness (QED) is 0.714. The van der Waals surface area contributed by atoms with Crippen LogP contribution in [-0.2, 0) is 10.0 Å². The lowest BCUT2D eigenvalue weighted by Crippen LogP contribution is -2.15. The summed E-state index contributed by atoms with van der Waals surface area (Å²) in [5.74, 6) is -0.374. The zero-order valence-corrected chi connectivity index (χ0v) is 16.0. The van der Waals surface area contributed by atoms with Crippen molar-refractivity contribution in [3.8, 4) is 5.69 Å².